The van der Waals surface area contributed by atoms with Crippen LogP contribution in [0.1, 0.15) is 18.1 Å². The number of rotatable bonds is 6. The van der Waals surface area contributed by atoms with Crippen molar-refractivity contribution in [2.24, 2.45) is 5.73 Å². The Hall–Kier alpha value is -1.21. The van der Waals surface area contributed by atoms with Gasteiger partial charge in [-0.1, -0.05) is 12.1 Å². The molecule has 0 spiro atoms. The number of benzene rings is 1. The molecule has 0 heterocycles. The van der Waals surface area contributed by atoms with E-state index >= 15 is 0 Å². The van der Waals surface area contributed by atoms with Gasteiger partial charge in [0.05, 0.1) is 6.10 Å². The Morgan fingerprint density at radius 3 is 2.44 bits per heavy atom. The summed E-state index contributed by atoms with van der Waals surface area (Å²) in [6.45, 7) is 0.652. The monoisotopic (exact) mass is 269 g/mol. The SMILES string of the molecule is CNCCC(O)C(O)c1ccc(NC(N)=S)cc1. The van der Waals surface area contributed by atoms with Crippen LogP contribution >= 0.6 is 12.2 Å². The van der Waals surface area contributed by atoms with Gasteiger partial charge < -0.3 is 26.6 Å². The quantitative estimate of drug-likeness (QED) is 0.479. The lowest BCUT2D eigenvalue weighted by Gasteiger charge is -2.18. The molecule has 0 aliphatic carbocycles. The van der Waals surface area contributed by atoms with Gasteiger partial charge in [0.15, 0.2) is 5.11 Å². The standard InChI is InChI=1S/C12H19N3O2S/c1-14-7-6-10(16)11(17)8-2-4-9(5-3-8)15-12(13)18/h2-5,10-11,14,16-17H,6-7H2,1H3,(H3,13,15,18). The molecule has 1 aromatic carbocycles. The van der Waals surface area contributed by atoms with Crippen LogP contribution in [0, 0.1) is 0 Å². The van der Waals surface area contributed by atoms with Gasteiger partial charge in [0, 0.05) is 5.69 Å². The third-order valence-corrected chi connectivity index (χ3v) is 2.68. The molecule has 0 aliphatic rings. The molecule has 0 aromatic heterocycles. The molecule has 1 aromatic rings. The zero-order valence-corrected chi connectivity index (χ0v) is 11.1. The Bertz CT molecular complexity index is 383. The number of thiocarbonyl (C=S) groups is 1. The molecule has 2 unspecified atom stereocenters. The van der Waals surface area contributed by atoms with E-state index in [-0.39, 0.29) is 5.11 Å². The van der Waals surface area contributed by atoms with E-state index in [1.54, 1.807) is 31.3 Å². The number of aliphatic hydroxyl groups is 2. The molecular formula is C12H19N3O2S. The van der Waals surface area contributed by atoms with Gasteiger partial charge >= 0.3 is 0 Å². The summed E-state index contributed by atoms with van der Waals surface area (Å²) < 4.78 is 0. The average molecular weight is 269 g/mol. The molecule has 100 valence electrons. The number of anilines is 1. The van der Waals surface area contributed by atoms with Crippen molar-refractivity contribution in [2.45, 2.75) is 18.6 Å². The third-order valence-electron chi connectivity index (χ3n) is 2.57. The first kappa shape index (κ1) is 14.8. The minimum atomic E-state index is -0.891. The van der Waals surface area contributed by atoms with Crippen molar-refractivity contribution >= 4 is 23.0 Å². The Morgan fingerprint density at radius 2 is 1.94 bits per heavy atom. The summed E-state index contributed by atoms with van der Waals surface area (Å²) in [6.07, 6.45) is -1.19. The molecule has 0 fully saturated rings. The van der Waals surface area contributed by atoms with E-state index < -0.39 is 12.2 Å². The van der Waals surface area contributed by atoms with E-state index in [0.717, 1.165) is 5.69 Å². The van der Waals surface area contributed by atoms with E-state index in [1.165, 1.54) is 0 Å². The molecule has 0 amide bonds. The maximum Gasteiger partial charge on any atom is 0.168 e. The van der Waals surface area contributed by atoms with Crippen LogP contribution in [0.3, 0.4) is 0 Å². The van der Waals surface area contributed by atoms with E-state index in [2.05, 4.69) is 10.6 Å². The second-order valence-corrected chi connectivity index (χ2v) is 4.46. The molecule has 0 aliphatic heterocycles. The Balaban J connectivity index is 2.63. The lowest BCUT2D eigenvalue weighted by molar-refractivity contribution is 0.0140. The number of hydrogen-bond donors (Lipinski definition) is 5. The first-order chi connectivity index (χ1) is 8.54. The van der Waals surface area contributed by atoms with Gasteiger partial charge in [-0.05, 0) is 49.9 Å². The van der Waals surface area contributed by atoms with Gasteiger partial charge in [-0.25, -0.2) is 0 Å². The zero-order valence-electron chi connectivity index (χ0n) is 10.3. The molecule has 6 N–H and O–H groups in total. The van der Waals surface area contributed by atoms with Crippen molar-refractivity contribution < 1.29 is 10.2 Å². The summed E-state index contributed by atoms with van der Waals surface area (Å²) in [5.74, 6) is 0. The zero-order chi connectivity index (χ0) is 13.5. The van der Waals surface area contributed by atoms with Crippen LogP contribution in [0.5, 0.6) is 0 Å². The fraction of sp³-hybridized carbons (Fsp3) is 0.417. The number of hydrogen-bond acceptors (Lipinski definition) is 4. The van der Waals surface area contributed by atoms with Gasteiger partial charge in [0.2, 0.25) is 0 Å². The third kappa shape index (κ3) is 4.58. The van der Waals surface area contributed by atoms with Crippen LogP contribution < -0.4 is 16.4 Å². The van der Waals surface area contributed by atoms with Gasteiger partial charge in [-0.15, -0.1) is 0 Å². The van der Waals surface area contributed by atoms with E-state index in [9.17, 15) is 10.2 Å². The van der Waals surface area contributed by atoms with Crippen molar-refractivity contribution in [2.75, 3.05) is 18.9 Å². The lowest BCUT2D eigenvalue weighted by Crippen LogP contribution is -2.23. The summed E-state index contributed by atoms with van der Waals surface area (Å²) in [4.78, 5) is 0. The molecule has 18 heavy (non-hydrogen) atoms. The van der Waals surface area contributed by atoms with E-state index in [4.69, 9.17) is 18.0 Å². The van der Waals surface area contributed by atoms with Gasteiger partial charge in [0.1, 0.15) is 6.10 Å². The minimum Gasteiger partial charge on any atom is -0.390 e. The van der Waals surface area contributed by atoms with Crippen LogP contribution in [-0.2, 0) is 0 Å². The maximum absolute atomic E-state index is 9.94. The van der Waals surface area contributed by atoms with Crippen LogP contribution in [0.15, 0.2) is 24.3 Å². The van der Waals surface area contributed by atoms with Crippen molar-refractivity contribution in [3.8, 4) is 0 Å². The molecule has 0 saturated heterocycles. The van der Waals surface area contributed by atoms with Gasteiger partial charge in [0.25, 0.3) is 0 Å². The summed E-state index contributed by atoms with van der Waals surface area (Å²) in [5, 5.41) is 25.6. The number of nitrogens with one attached hydrogen (secondary N) is 2. The molecule has 0 bridgehead atoms. The van der Waals surface area contributed by atoms with Crippen molar-refractivity contribution in [3.05, 3.63) is 29.8 Å². The molecule has 6 heteroatoms. The Morgan fingerprint density at radius 1 is 1.33 bits per heavy atom. The first-order valence-electron chi connectivity index (χ1n) is 5.71. The van der Waals surface area contributed by atoms with Crippen LogP contribution in [0.4, 0.5) is 5.69 Å². The minimum absolute atomic E-state index is 0.192. The molecule has 2 atom stereocenters. The maximum atomic E-state index is 9.94. The van der Waals surface area contributed by atoms with Crippen molar-refractivity contribution in [1.82, 2.24) is 5.32 Å². The normalized spacial score (nSPS) is 13.9. The Kier molecular flexibility index (Phi) is 6.00. The second-order valence-electron chi connectivity index (χ2n) is 4.02. The van der Waals surface area contributed by atoms with Gasteiger partial charge in [-0.3, -0.25) is 0 Å². The fourth-order valence-corrected chi connectivity index (χ4v) is 1.70. The fourth-order valence-electron chi connectivity index (χ4n) is 1.58. The molecule has 5 nitrogen and oxygen atoms in total. The highest BCUT2D eigenvalue weighted by Gasteiger charge is 2.17. The van der Waals surface area contributed by atoms with Crippen molar-refractivity contribution in [1.29, 1.82) is 0 Å². The second kappa shape index (κ2) is 7.27. The van der Waals surface area contributed by atoms with Crippen LogP contribution in [0.25, 0.3) is 0 Å². The Labute approximate surface area is 112 Å². The predicted octanol–water partition coefficient (Wildman–Crippen LogP) is 0.346. The highest BCUT2D eigenvalue weighted by Crippen LogP contribution is 2.20. The topological polar surface area (TPSA) is 90.5 Å². The highest BCUT2D eigenvalue weighted by molar-refractivity contribution is 7.80. The summed E-state index contributed by atoms with van der Waals surface area (Å²) in [7, 11) is 1.80. The average Bonchev–Trinajstić information content (AvgIpc) is 2.35. The molecular weight excluding hydrogens is 250 g/mol. The summed E-state index contributed by atoms with van der Waals surface area (Å²) in [6, 6.07) is 6.97. The summed E-state index contributed by atoms with van der Waals surface area (Å²) >= 11 is 4.72. The van der Waals surface area contributed by atoms with E-state index in [1.807, 2.05) is 0 Å². The molecule has 1 rings (SSSR count). The first-order valence-corrected chi connectivity index (χ1v) is 6.12. The number of aliphatic hydroxyl groups excluding tert-OH is 2. The van der Waals surface area contributed by atoms with Crippen LogP contribution in [-0.4, -0.2) is 35.0 Å². The van der Waals surface area contributed by atoms with E-state index in [0.29, 0.717) is 18.5 Å². The summed E-state index contributed by atoms with van der Waals surface area (Å²) in [5.41, 5.74) is 6.76. The van der Waals surface area contributed by atoms with Crippen LogP contribution in [0.2, 0.25) is 0 Å². The predicted molar refractivity (Wildman–Crippen MR) is 76.4 cm³/mol. The smallest absolute Gasteiger partial charge is 0.168 e. The van der Waals surface area contributed by atoms with Crippen molar-refractivity contribution in [3.63, 3.8) is 0 Å². The molecule has 0 radical (unpaired) electrons. The largest absolute Gasteiger partial charge is 0.390 e. The lowest BCUT2D eigenvalue weighted by atomic mass is 10.0. The molecule has 0 saturated carbocycles. The number of nitrogens with two attached hydrogens (primary N) is 1. The van der Waals surface area contributed by atoms with Gasteiger partial charge in [-0.2, -0.15) is 0 Å². The highest BCUT2D eigenvalue weighted by atomic mass is 32.1.